The number of para-hydroxylation sites is 1. The van der Waals surface area contributed by atoms with Gasteiger partial charge in [0.05, 0.1) is 5.92 Å². The summed E-state index contributed by atoms with van der Waals surface area (Å²) >= 11 is 0. The SMILES string of the molecule is NC(=O)[C@H](NC(=O)[C@@H]1CC(=O)N(c2ccccc2)C1)c1ccccc1. The molecular weight excluding hydrogens is 318 g/mol. The molecule has 2 aromatic rings. The molecule has 0 bridgehead atoms. The van der Waals surface area contributed by atoms with Gasteiger partial charge in [0.25, 0.3) is 0 Å². The van der Waals surface area contributed by atoms with Gasteiger partial charge in [0.2, 0.25) is 17.7 Å². The molecule has 2 aromatic carbocycles. The Morgan fingerprint density at radius 2 is 1.64 bits per heavy atom. The van der Waals surface area contributed by atoms with Crippen molar-refractivity contribution in [3.63, 3.8) is 0 Å². The number of nitrogens with zero attached hydrogens (tertiary/aromatic N) is 1. The number of hydrogen-bond acceptors (Lipinski definition) is 3. The van der Waals surface area contributed by atoms with E-state index in [0.717, 1.165) is 5.69 Å². The predicted molar refractivity (Wildman–Crippen MR) is 93.4 cm³/mol. The zero-order valence-electron chi connectivity index (χ0n) is 13.6. The number of nitrogens with one attached hydrogen (secondary N) is 1. The Morgan fingerprint density at radius 1 is 1.04 bits per heavy atom. The van der Waals surface area contributed by atoms with Crippen LogP contribution in [0.2, 0.25) is 0 Å². The van der Waals surface area contributed by atoms with E-state index in [1.54, 1.807) is 29.2 Å². The summed E-state index contributed by atoms with van der Waals surface area (Å²) in [6, 6.07) is 17.1. The molecule has 3 rings (SSSR count). The molecule has 1 fully saturated rings. The minimum Gasteiger partial charge on any atom is -0.368 e. The average Bonchev–Trinajstić information content (AvgIpc) is 3.02. The highest BCUT2D eigenvalue weighted by Crippen LogP contribution is 2.25. The van der Waals surface area contributed by atoms with Crippen molar-refractivity contribution >= 4 is 23.4 Å². The molecule has 3 N–H and O–H groups in total. The van der Waals surface area contributed by atoms with Crippen molar-refractivity contribution in [2.75, 3.05) is 11.4 Å². The molecule has 0 aliphatic carbocycles. The topological polar surface area (TPSA) is 92.5 Å². The van der Waals surface area contributed by atoms with Crippen LogP contribution >= 0.6 is 0 Å². The number of primary amides is 1. The fraction of sp³-hybridized carbons (Fsp3) is 0.211. The monoisotopic (exact) mass is 337 g/mol. The number of amides is 3. The van der Waals surface area contributed by atoms with Crippen molar-refractivity contribution in [3.05, 3.63) is 66.2 Å². The highest BCUT2D eigenvalue weighted by molar-refractivity contribution is 6.01. The van der Waals surface area contributed by atoms with Crippen LogP contribution in [0.3, 0.4) is 0 Å². The summed E-state index contributed by atoms with van der Waals surface area (Å²) in [5, 5.41) is 2.67. The van der Waals surface area contributed by atoms with Crippen LogP contribution in [0.5, 0.6) is 0 Å². The predicted octanol–water partition coefficient (Wildman–Crippen LogP) is 1.38. The van der Waals surface area contributed by atoms with E-state index in [1.807, 2.05) is 36.4 Å². The summed E-state index contributed by atoms with van der Waals surface area (Å²) in [4.78, 5) is 38.1. The molecule has 2 atom stereocenters. The Balaban J connectivity index is 1.71. The summed E-state index contributed by atoms with van der Waals surface area (Å²) in [7, 11) is 0. The first kappa shape index (κ1) is 16.7. The largest absolute Gasteiger partial charge is 0.368 e. The van der Waals surface area contributed by atoms with Gasteiger partial charge in [-0.25, -0.2) is 0 Å². The van der Waals surface area contributed by atoms with Crippen LogP contribution < -0.4 is 16.0 Å². The molecule has 6 nitrogen and oxygen atoms in total. The van der Waals surface area contributed by atoms with Gasteiger partial charge in [-0.2, -0.15) is 0 Å². The zero-order chi connectivity index (χ0) is 17.8. The normalized spacial score (nSPS) is 18.0. The van der Waals surface area contributed by atoms with Crippen LogP contribution in [0.4, 0.5) is 5.69 Å². The molecule has 6 heteroatoms. The van der Waals surface area contributed by atoms with E-state index in [9.17, 15) is 14.4 Å². The van der Waals surface area contributed by atoms with Crippen LogP contribution in [0.15, 0.2) is 60.7 Å². The zero-order valence-corrected chi connectivity index (χ0v) is 13.6. The first-order valence-corrected chi connectivity index (χ1v) is 8.06. The molecule has 0 aromatic heterocycles. The first-order chi connectivity index (χ1) is 12.1. The van der Waals surface area contributed by atoms with Gasteiger partial charge in [-0.1, -0.05) is 48.5 Å². The van der Waals surface area contributed by atoms with E-state index in [-0.39, 0.29) is 24.8 Å². The van der Waals surface area contributed by atoms with Crippen LogP contribution in [-0.2, 0) is 14.4 Å². The second-order valence-corrected chi connectivity index (χ2v) is 6.00. The molecule has 0 saturated carbocycles. The van der Waals surface area contributed by atoms with Gasteiger partial charge in [-0.15, -0.1) is 0 Å². The number of nitrogens with two attached hydrogens (primary N) is 1. The Hall–Kier alpha value is -3.15. The lowest BCUT2D eigenvalue weighted by molar-refractivity contribution is -0.130. The fourth-order valence-electron chi connectivity index (χ4n) is 2.97. The maximum atomic E-state index is 12.6. The Kier molecular flexibility index (Phi) is 4.79. The molecule has 25 heavy (non-hydrogen) atoms. The molecule has 0 radical (unpaired) electrons. The molecule has 0 spiro atoms. The minimum absolute atomic E-state index is 0.110. The number of benzene rings is 2. The highest BCUT2D eigenvalue weighted by atomic mass is 16.2. The summed E-state index contributed by atoms with van der Waals surface area (Å²) in [6.45, 7) is 0.287. The third-order valence-electron chi connectivity index (χ3n) is 4.27. The summed E-state index contributed by atoms with van der Waals surface area (Å²) < 4.78 is 0. The maximum absolute atomic E-state index is 12.6. The van der Waals surface area contributed by atoms with Crippen molar-refractivity contribution in [1.82, 2.24) is 5.32 Å². The number of carbonyl (C=O) groups is 3. The maximum Gasteiger partial charge on any atom is 0.244 e. The first-order valence-electron chi connectivity index (χ1n) is 8.06. The molecule has 128 valence electrons. The van der Waals surface area contributed by atoms with Gasteiger partial charge in [-0.3, -0.25) is 14.4 Å². The third-order valence-corrected chi connectivity index (χ3v) is 4.27. The quantitative estimate of drug-likeness (QED) is 0.863. The van der Waals surface area contributed by atoms with E-state index in [1.165, 1.54) is 0 Å². The van der Waals surface area contributed by atoms with Crippen molar-refractivity contribution in [2.24, 2.45) is 11.7 Å². The Bertz CT molecular complexity index is 777. The molecule has 1 saturated heterocycles. The Morgan fingerprint density at radius 3 is 2.24 bits per heavy atom. The van der Waals surface area contributed by atoms with E-state index in [0.29, 0.717) is 5.56 Å². The van der Waals surface area contributed by atoms with E-state index >= 15 is 0 Å². The second kappa shape index (κ2) is 7.17. The van der Waals surface area contributed by atoms with Gasteiger partial charge in [-0.05, 0) is 17.7 Å². The van der Waals surface area contributed by atoms with Gasteiger partial charge < -0.3 is 16.0 Å². The van der Waals surface area contributed by atoms with E-state index in [4.69, 9.17) is 5.73 Å². The summed E-state index contributed by atoms with van der Waals surface area (Å²) in [5.74, 6) is -1.61. The molecule has 1 aliphatic rings. The minimum atomic E-state index is -0.908. The van der Waals surface area contributed by atoms with E-state index < -0.39 is 17.9 Å². The number of rotatable bonds is 5. The highest BCUT2D eigenvalue weighted by Gasteiger charge is 2.36. The van der Waals surface area contributed by atoms with Gasteiger partial charge in [0.1, 0.15) is 6.04 Å². The number of hydrogen-bond donors (Lipinski definition) is 2. The van der Waals surface area contributed by atoms with Crippen LogP contribution in [0.1, 0.15) is 18.0 Å². The van der Waals surface area contributed by atoms with Crippen LogP contribution in [0, 0.1) is 5.92 Å². The lowest BCUT2D eigenvalue weighted by Gasteiger charge is -2.19. The average molecular weight is 337 g/mol. The lowest BCUT2D eigenvalue weighted by atomic mass is 10.0. The smallest absolute Gasteiger partial charge is 0.244 e. The van der Waals surface area contributed by atoms with Crippen molar-refractivity contribution in [1.29, 1.82) is 0 Å². The fourth-order valence-corrected chi connectivity index (χ4v) is 2.97. The van der Waals surface area contributed by atoms with E-state index in [2.05, 4.69) is 5.32 Å². The molecule has 1 heterocycles. The van der Waals surface area contributed by atoms with Gasteiger partial charge >= 0.3 is 0 Å². The third kappa shape index (κ3) is 3.68. The standard InChI is InChI=1S/C19H19N3O3/c20-18(24)17(13-7-3-1-4-8-13)21-19(25)14-11-16(23)22(12-14)15-9-5-2-6-10-15/h1-10,14,17H,11-12H2,(H2,20,24)(H,21,25)/t14-,17-/m1/s1. The second-order valence-electron chi connectivity index (χ2n) is 6.00. The van der Waals surface area contributed by atoms with Crippen LogP contribution in [0.25, 0.3) is 0 Å². The van der Waals surface area contributed by atoms with Crippen LogP contribution in [-0.4, -0.2) is 24.3 Å². The summed E-state index contributed by atoms with van der Waals surface area (Å²) in [6.07, 6.45) is 0.112. The number of anilines is 1. The molecule has 1 aliphatic heterocycles. The van der Waals surface area contributed by atoms with Gasteiger partial charge in [0.15, 0.2) is 0 Å². The van der Waals surface area contributed by atoms with Gasteiger partial charge in [0, 0.05) is 18.7 Å². The molecule has 3 amide bonds. The molecular formula is C19H19N3O3. The van der Waals surface area contributed by atoms with Crippen molar-refractivity contribution in [2.45, 2.75) is 12.5 Å². The number of carbonyl (C=O) groups excluding carboxylic acids is 3. The molecule has 0 unspecified atom stereocenters. The summed E-state index contributed by atoms with van der Waals surface area (Å²) in [5.41, 5.74) is 6.81. The Labute approximate surface area is 145 Å². The van der Waals surface area contributed by atoms with Crippen molar-refractivity contribution in [3.8, 4) is 0 Å². The van der Waals surface area contributed by atoms with Crippen molar-refractivity contribution < 1.29 is 14.4 Å². The lowest BCUT2D eigenvalue weighted by Crippen LogP contribution is -2.41.